The molecule has 2 N–H and O–H groups in total. The molecule has 1 amide bonds. The first kappa shape index (κ1) is 28.7. The van der Waals surface area contributed by atoms with Crippen molar-refractivity contribution in [2.75, 3.05) is 16.4 Å². The zero-order chi connectivity index (χ0) is 29.1. The van der Waals surface area contributed by atoms with Crippen LogP contribution >= 0.6 is 23.4 Å². The number of aryl methyl sites for hydroxylation is 1. The predicted octanol–water partition coefficient (Wildman–Crippen LogP) is 7.70. The maximum atomic E-state index is 14.2. The lowest BCUT2D eigenvalue weighted by Crippen LogP contribution is -2.31. The predicted molar refractivity (Wildman–Crippen MR) is 162 cm³/mol. The summed E-state index contributed by atoms with van der Waals surface area (Å²) < 4.78 is 21.8. The van der Waals surface area contributed by atoms with Crippen molar-refractivity contribution in [3.05, 3.63) is 105 Å². The number of hydrogen-bond acceptors (Lipinski definition) is 6. The van der Waals surface area contributed by atoms with Crippen LogP contribution in [0.5, 0.6) is 5.75 Å². The van der Waals surface area contributed by atoms with Gasteiger partial charge < -0.3 is 15.4 Å². The molecular formula is C31H31ClFN5O2S. The molecule has 0 fully saturated rings. The topological polar surface area (TPSA) is 81.1 Å². The Kier molecular flexibility index (Phi) is 8.65. The Balaban J connectivity index is 1.47. The highest BCUT2D eigenvalue weighted by Crippen LogP contribution is 2.37. The first-order valence-electron chi connectivity index (χ1n) is 13.4. The molecule has 0 saturated heterocycles. The van der Waals surface area contributed by atoms with Crippen LogP contribution in [0.15, 0.2) is 77.1 Å². The van der Waals surface area contributed by atoms with Crippen molar-refractivity contribution in [1.82, 2.24) is 14.8 Å². The molecule has 1 aromatic heterocycles. The van der Waals surface area contributed by atoms with E-state index >= 15 is 0 Å². The third-order valence-corrected chi connectivity index (χ3v) is 8.40. The van der Waals surface area contributed by atoms with Crippen LogP contribution in [0.1, 0.15) is 48.6 Å². The van der Waals surface area contributed by atoms with Crippen LogP contribution in [-0.4, -0.2) is 26.4 Å². The van der Waals surface area contributed by atoms with Crippen LogP contribution in [0.25, 0.3) is 0 Å². The summed E-state index contributed by atoms with van der Waals surface area (Å²) in [5.74, 6) is 1.36. The number of thioether (sulfide) groups is 1. The third-order valence-electron chi connectivity index (χ3n) is 7.01. The lowest BCUT2D eigenvalue weighted by Gasteiger charge is -2.29. The van der Waals surface area contributed by atoms with Crippen molar-refractivity contribution >= 4 is 40.9 Å². The van der Waals surface area contributed by atoms with Gasteiger partial charge in [-0.3, -0.25) is 4.79 Å². The average Bonchev–Trinajstić information content (AvgIpc) is 3.36. The van der Waals surface area contributed by atoms with E-state index in [2.05, 4.69) is 22.5 Å². The molecule has 1 aliphatic rings. The molecule has 1 atom stereocenters. The number of allylic oxidation sites excluding steroid dienone is 1. The van der Waals surface area contributed by atoms with Crippen molar-refractivity contribution in [3.8, 4) is 5.75 Å². The second kappa shape index (κ2) is 12.4. The summed E-state index contributed by atoms with van der Waals surface area (Å²) in [5.41, 5.74) is 5.21. The van der Waals surface area contributed by atoms with E-state index in [1.54, 1.807) is 40.7 Å². The quantitative estimate of drug-likeness (QED) is 0.194. The molecule has 7 nitrogen and oxygen atoms in total. The highest BCUT2D eigenvalue weighted by molar-refractivity contribution is 7.99. The van der Waals surface area contributed by atoms with Gasteiger partial charge in [-0.2, -0.15) is 4.98 Å². The number of amides is 1. The molecule has 5 rings (SSSR count). The number of fused-ring (bicyclic) bond motifs is 1. The minimum absolute atomic E-state index is 0.00799. The lowest BCUT2D eigenvalue weighted by atomic mass is 9.94. The molecule has 1 unspecified atom stereocenters. The second-order valence-electron chi connectivity index (χ2n) is 9.84. The van der Waals surface area contributed by atoms with Crippen molar-refractivity contribution < 1.29 is 13.9 Å². The van der Waals surface area contributed by atoms with Crippen molar-refractivity contribution in [2.24, 2.45) is 0 Å². The van der Waals surface area contributed by atoms with Crippen LogP contribution < -0.4 is 15.4 Å². The Labute approximate surface area is 248 Å². The first-order chi connectivity index (χ1) is 19.8. The number of nitrogens with zero attached hydrogens (tertiary/aromatic N) is 3. The van der Waals surface area contributed by atoms with Crippen molar-refractivity contribution in [2.45, 2.75) is 51.9 Å². The number of aromatic nitrogens is 3. The Hall–Kier alpha value is -3.82. The first-order valence-corrected chi connectivity index (χ1v) is 14.7. The minimum Gasteiger partial charge on any atom is -0.489 e. The number of rotatable bonds is 9. The standard InChI is InChI=1S/C31H31ClFN5O2S/c1-5-16-41-31-36-30-34-20(4)27(29(39)35-26-11-6-8-18(2)19(26)3)28(38(30)37-31)21-12-14-22(15-13-21)40-17-23-24(32)9-7-10-25(23)33/h6-15,28H,5,16-17H2,1-4H3,(H,35,39)(H,34,36,37). The molecule has 3 aromatic carbocycles. The van der Waals surface area contributed by atoms with Crippen molar-refractivity contribution in [1.29, 1.82) is 0 Å². The molecule has 10 heteroatoms. The van der Waals surface area contributed by atoms with Gasteiger partial charge in [-0.15, -0.1) is 5.10 Å². The lowest BCUT2D eigenvalue weighted by molar-refractivity contribution is -0.113. The summed E-state index contributed by atoms with van der Waals surface area (Å²) in [7, 11) is 0. The zero-order valence-electron chi connectivity index (χ0n) is 23.3. The molecule has 0 spiro atoms. The third kappa shape index (κ3) is 6.11. The fraction of sp³-hybridized carbons (Fsp3) is 0.258. The highest BCUT2D eigenvalue weighted by Gasteiger charge is 2.34. The molecule has 0 saturated carbocycles. The average molecular weight is 592 g/mol. The van der Waals surface area contributed by atoms with Gasteiger partial charge >= 0.3 is 0 Å². The monoisotopic (exact) mass is 591 g/mol. The summed E-state index contributed by atoms with van der Waals surface area (Å²) in [6, 6.07) is 17.2. The number of anilines is 2. The van der Waals surface area contributed by atoms with E-state index in [-0.39, 0.29) is 12.5 Å². The Morgan fingerprint density at radius 2 is 1.88 bits per heavy atom. The van der Waals surface area contributed by atoms with Gasteiger partial charge in [-0.25, -0.2) is 9.07 Å². The summed E-state index contributed by atoms with van der Waals surface area (Å²) in [4.78, 5) is 18.5. The van der Waals surface area contributed by atoms with Gasteiger partial charge in [-0.1, -0.05) is 60.6 Å². The van der Waals surface area contributed by atoms with Gasteiger partial charge in [0.15, 0.2) is 0 Å². The fourth-order valence-electron chi connectivity index (χ4n) is 4.64. The van der Waals surface area contributed by atoms with Gasteiger partial charge in [0.2, 0.25) is 11.1 Å². The SMILES string of the molecule is CCCSc1nc2n(n1)C(c1ccc(OCc3c(F)cccc3Cl)cc1)C(C(=O)Nc1cccc(C)c1C)=C(C)N2. The molecule has 212 valence electrons. The van der Waals surface area contributed by atoms with Gasteiger partial charge in [0, 0.05) is 22.7 Å². The maximum absolute atomic E-state index is 14.2. The Morgan fingerprint density at radius 3 is 2.61 bits per heavy atom. The summed E-state index contributed by atoms with van der Waals surface area (Å²) in [5, 5.41) is 12.1. The van der Waals surface area contributed by atoms with Crippen LogP contribution in [0.4, 0.5) is 16.0 Å². The number of benzene rings is 3. The van der Waals surface area contributed by atoms with E-state index in [1.165, 1.54) is 6.07 Å². The maximum Gasteiger partial charge on any atom is 0.255 e. The largest absolute Gasteiger partial charge is 0.489 e. The van der Waals surface area contributed by atoms with E-state index in [0.717, 1.165) is 34.6 Å². The number of ether oxygens (including phenoxy) is 1. The Bertz CT molecular complexity index is 1600. The van der Waals surface area contributed by atoms with Crippen LogP contribution in [0.2, 0.25) is 5.02 Å². The smallest absolute Gasteiger partial charge is 0.255 e. The van der Waals surface area contributed by atoms with E-state index in [9.17, 15) is 9.18 Å². The van der Waals surface area contributed by atoms with Gasteiger partial charge in [0.25, 0.3) is 5.91 Å². The Morgan fingerprint density at radius 1 is 1.12 bits per heavy atom. The summed E-state index contributed by atoms with van der Waals surface area (Å²) in [6.45, 7) is 7.98. The minimum atomic E-state index is -0.532. The molecule has 0 radical (unpaired) electrons. The molecular weight excluding hydrogens is 561 g/mol. The number of carbonyl (C=O) groups excluding carboxylic acids is 1. The highest BCUT2D eigenvalue weighted by atomic mass is 35.5. The molecule has 4 aromatic rings. The molecule has 0 aliphatic carbocycles. The summed E-state index contributed by atoms with van der Waals surface area (Å²) >= 11 is 7.73. The van der Waals surface area contributed by atoms with Crippen LogP contribution in [0.3, 0.4) is 0 Å². The van der Waals surface area contributed by atoms with Gasteiger partial charge in [0.1, 0.15) is 24.2 Å². The van der Waals surface area contributed by atoms with E-state index < -0.39 is 11.9 Å². The normalized spacial score (nSPS) is 14.4. The van der Waals surface area contributed by atoms with E-state index in [1.807, 2.05) is 51.1 Å². The van der Waals surface area contributed by atoms with Gasteiger partial charge in [0.05, 0.1) is 10.6 Å². The van der Waals surface area contributed by atoms with Gasteiger partial charge in [-0.05, 0) is 74.2 Å². The zero-order valence-corrected chi connectivity index (χ0v) is 24.9. The number of carbonyl (C=O) groups is 1. The molecule has 1 aliphatic heterocycles. The summed E-state index contributed by atoms with van der Waals surface area (Å²) in [6.07, 6.45) is 0.992. The number of hydrogen-bond donors (Lipinski definition) is 2. The van der Waals surface area contributed by atoms with E-state index in [0.29, 0.717) is 38.7 Å². The van der Waals surface area contributed by atoms with E-state index in [4.69, 9.17) is 21.4 Å². The number of halogens is 2. The fourth-order valence-corrected chi connectivity index (χ4v) is 5.54. The van der Waals surface area contributed by atoms with Crippen molar-refractivity contribution in [3.63, 3.8) is 0 Å². The molecule has 41 heavy (non-hydrogen) atoms. The second-order valence-corrected chi connectivity index (χ2v) is 11.3. The molecule has 2 heterocycles. The van der Waals surface area contributed by atoms with Crippen LogP contribution in [-0.2, 0) is 11.4 Å². The number of nitrogens with one attached hydrogen (secondary N) is 2. The van der Waals surface area contributed by atoms with Crippen LogP contribution in [0, 0.1) is 19.7 Å². The molecule has 0 bridgehead atoms.